The largest absolute Gasteiger partial charge is 0.273 e. The van der Waals surface area contributed by atoms with E-state index in [1.165, 1.54) is 0 Å². The molecule has 2 aromatic rings. The third-order valence-corrected chi connectivity index (χ3v) is 7.86. The first-order valence-electron chi connectivity index (χ1n) is 4.76. The third kappa shape index (κ3) is 3.17. The first kappa shape index (κ1) is 14.5. The van der Waals surface area contributed by atoms with Gasteiger partial charge in [-0.1, -0.05) is 46.4 Å². The lowest BCUT2D eigenvalue weighted by molar-refractivity contribution is 0.646. The molecule has 0 aliphatic heterocycles. The van der Waals surface area contributed by atoms with Crippen molar-refractivity contribution in [3.8, 4) is 0 Å². The van der Waals surface area contributed by atoms with Crippen molar-refractivity contribution in [2.75, 3.05) is 0 Å². The number of rotatable bonds is 2. The highest BCUT2D eigenvalue weighted by molar-refractivity contribution is 14.2. The zero-order chi connectivity index (χ0) is 13.3. The van der Waals surface area contributed by atoms with E-state index in [1.807, 2.05) is 0 Å². The molecular formula is C12H6Cl4IO. The van der Waals surface area contributed by atoms with Crippen LogP contribution in [0.3, 0.4) is 0 Å². The molecule has 95 valence electrons. The summed E-state index contributed by atoms with van der Waals surface area (Å²) in [5.74, 6) is 0. The Labute approximate surface area is 132 Å². The maximum atomic E-state index is 12.5. The second-order valence-corrected chi connectivity index (χ2v) is 8.80. The van der Waals surface area contributed by atoms with E-state index in [2.05, 4.69) is 0 Å². The molecule has 0 unspecified atom stereocenters. The van der Waals surface area contributed by atoms with E-state index in [9.17, 15) is 3.07 Å². The van der Waals surface area contributed by atoms with Crippen LogP contribution in [-0.2, 0) is 3.07 Å². The van der Waals surface area contributed by atoms with Gasteiger partial charge in [0.1, 0.15) is 19.8 Å². The molecule has 2 aromatic carbocycles. The number of halogens is 5. The van der Waals surface area contributed by atoms with Crippen LogP contribution in [0.1, 0.15) is 0 Å². The minimum absolute atomic E-state index is 0.397. The Morgan fingerprint density at radius 1 is 0.722 bits per heavy atom. The van der Waals surface area contributed by atoms with Crippen LogP contribution >= 0.6 is 66.2 Å². The van der Waals surface area contributed by atoms with Gasteiger partial charge >= 0.3 is 0 Å². The topological polar surface area (TPSA) is 17.1 Å². The number of hydrogen-bond acceptors (Lipinski definition) is 1. The predicted molar refractivity (Wildman–Crippen MR) is 85.0 cm³/mol. The maximum absolute atomic E-state index is 12.5. The lowest BCUT2D eigenvalue weighted by Crippen LogP contribution is -1.85. The van der Waals surface area contributed by atoms with Crippen LogP contribution in [0.15, 0.2) is 36.4 Å². The van der Waals surface area contributed by atoms with Gasteiger partial charge in [-0.3, -0.25) is 3.07 Å². The normalized spacial score (nSPS) is 10.9. The van der Waals surface area contributed by atoms with Crippen LogP contribution < -0.4 is 0 Å². The van der Waals surface area contributed by atoms with Crippen LogP contribution in [0, 0.1) is 7.14 Å². The molecule has 0 saturated carbocycles. The highest BCUT2D eigenvalue weighted by Gasteiger charge is 2.15. The van der Waals surface area contributed by atoms with Gasteiger partial charge in [0.15, 0.2) is 0 Å². The Morgan fingerprint density at radius 3 is 1.44 bits per heavy atom. The van der Waals surface area contributed by atoms with Crippen molar-refractivity contribution < 1.29 is 3.07 Å². The zero-order valence-corrected chi connectivity index (χ0v) is 13.9. The fraction of sp³-hybridized carbons (Fsp3) is 0. The molecule has 18 heavy (non-hydrogen) atoms. The van der Waals surface area contributed by atoms with Crippen molar-refractivity contribution in [3.05, 3.63) is 63.6 Å². The van der Waals surface area contributed by atoms with Crippen molar-refractivity contribution >= 4 is 66.2 Å². The highest BCUT2D eigenvalue weighted by atomic mass is 127. The molecule has 2 rings (SSSR count). The van der Waals surface area contributed by atoms with Crippen LogP contribution in [0.4, 0.5) is 0 Å². The van der Waals surface area contributed by atoms with E-state index in [-0.39, 0.29) is 0 Å². The summed E-state index contributed by atoms with van der Waals surface area (Å²) >= 11 is 20.8. The lowest BCUT2D eigenvalue weighted by atomic mass is 10.4. The Morgan fingerprint density at radius 2 is 1.11 bits per heavy atom. The first-order valence-corrected chi connectivity index (χ1v) is 9.31. The van der Waals surface area contributed by atoms with Gasteiger partial charge in [-0.15, -0.1) is 0 Å². The summed E-state index contributed by atoms with van der Waals surface area (Å²) in [6, 6.07) is 9.82. The second-order valence-electron chi connectivity index (χ2n) is 3.37. The van der Waals surface area contributed by atoms with Crippen LogP contribution in [0.5, 0.6) is 0 Å². The summed E-state index contributed by atoms with van der Waals surface area (Å²) in [5, 5.41) is 1.81. The minimum Gasteiger partial charge on any atom is -0.273 e. The van der Waals surface area contributed by atoms with Crippen molar-refractivity contribution in [2.24, 2.45) is 0 Å². The molecule has 0 aliphatic rings. The molecular weight excluding hydrogens is 429 g/mol. The smallest absolute Gasteiger partial charge is 0.125 e. The number of hydrogen-bond donors (Lipinski definition) is 0. The van der Waals surface area contributed by atoms with E-state index in [4.69, 9.17) is 46.4 Å². The van der Waals surface area contributed by atoms with Crippen molar-refractivity contribution in [1.82, 2.24) is 0 Å². The Kier molecular flexibility index (Phi) is 4.89. The van der Waals surface area contributed by atoms with E-state index >= 15 is 0 Å². The van der Waals surface area contributed by atoms with Crippen molar-refractivity contribution in [1.29, 1.82) is 0 Å². The predicted octanol–water partition coefficient (Wildman–Crippen LogP) is 6.19. The summed E-state index contributed by atoms with van der Waals surface area (Å²) < 4.78 is 13.7. The van der Waals surface area contributed by atoms with Crippen LogP contribution in [0.25, 0.3) is 0 Å². The van der Waals surface area contributed by atoms with Crippen LogP contribution in [-0.4, -0.2) is 0 Å². The second kappa shape index (κ2) is 6.06. The van der Waals surface area contributed by atoms with Crippen molar-refractivity contribution in [2.45, 2.75) is 0 Å². The molecule has 6 heteroatoms. The van der Waals surface area contributed by atoms with E-state index in [1.54, 1.807) is 36.4 Å². The third-order valence-electron chi connectivity index (χ3n) is 2.13. The van der Waals surface area contributed by atoms with Gasteiger partial charge in [0, 0.05) is 10.0 Å². The molecule has 0 N–H and O–H groups in total. The lowest BCUT2D eigenvalue weighted by Gasteiger charge is -2.06. The standard InChI is InChI=1S/C12H6Cl4IO/c13-7-1-3-11(9(15)5-7)17(18)12-4-2-8(14)6-10(12)16/h1-6H. The maximum Gasteiger partial charge on any atom is 0.125 e. The quantitative estimate of drug-likeness (QED) is 0.406. The summed E-state index contributed by atoms with van der Waals surface area (Å²) in [4.78, 5) is 0. The average Bonchev–Trinajstić information content (AvgIpc) is 2.28. The molecule has 0 spiro atoms. The molecule has 0 saturated heterocycles. The minimum atomic E-state index is -2.86. The first-order chi connectivity index (χ1) is 8.49. The van der Waals surface area contributed by atoms with Gasteiger partial charge in [0.05, 0.1) is 17.2 Å². The van der Waals surface area contributed by atoms with Gasteiger partial charge < -0.3 is 0 Å². The van der Waals surface area contributed by atoms with E-state index in [0.29, 0.717) is 27.2 Å². The number of benzene rings is 2. The summed E-state index contributed by atoms with van der Waals surface area (Å²) in [6.45, 7) is 0. The van der Waals surface area contributed by atoms with Gasteiger partial charge in [-0.05, 0) is 36.4 Å². The molecule has 1 nitrogen and oxygen atoms in total. The van der Waals surface area contributed by atoms with Crippen molar-refractivity contribution in [3.63, 3.8) is 0 Å². The van der Waals surface area contributed by atoms with Gasteiger partial charge in [0.25, 0.3) is 0 Å². The van der Waals surface area contributed by atoms with E-state index < -0.39 is 19.8 Å². The zero-order valence-electron chi connectivity index (χ0n) is 8.76. The molecule has 0 atom stereocenters. The molecule has 0 aliphatic carbocycles. The summed E-state index contributed by atoms with van der Waals surface area (Å²) in [5.41, 5.74) is 0. The Balaban J connectivity index is 2.48. The fourth-order valence-corrected chi connectivity index (χ4v) is 5.90. The Hall–Kier alpha value is 0.130. The average molecular weight is 435 g/mol. The molecule has 0 aromatic heterocycles. The van der Waals surface area contributed by atoms with E-state index in [0.717, 1.165) is 0 Å². The summed E-state index contributed by atoms with van der Waals surface area (Å²) in [7, 11) is 0. The SMILES string of the molecule is O=[I](c1ccc(Cl)cc1Cl)c1ccc(Cl)cc1Cl. The highest BCUT2D eigenvalue weighted by Crippen LogP contribution is 2.44. The Bertz CT molecular complexity index is 574. The fourth-order valence-electron chi connectivity index (χ4n) is 1.33. The molecule has 0 amide bonds. The van der Waals surface area contributed by atoms with Gasteiger partial charge in [-0.2, -0.15) is 0 Å². The monoisotopic (exact) mass is 433 g/mol. The van der Waals surface area contributed by atoms with Gasteiger partial charge in [-0.25, -0.2) is 0 Å². The molecule has 0 fully saturated rings. The van der Waals surface area contributed by atoms with Gasteiger partial charge in [0.2, 0.25) is 0 Å². The summed E-state index contributed by atoms with van der Waals surface area (Å²) in [6.07, 6.45) is 0. The molecule has 1 radical (unpaired) electrons. The molecule has 0 heterocycles. The van der Waals surface area contributed by atoms with Crippen LogP contribution in [0.2, 0.25) is 20.1 Å². The molecule has 0 bridgehead atoms.